The lowest BCUT2D eigenvalue weighted by atomic mass is 9.86. The van der Waals surface area contributed by atoms with Crippen LogP contribution in [-0.2, 0) is 28.4 Å². The number of anilines is 1. The molecule has 40 heavy (non-hydrogen) atoms. The van der Waals surface area contributed by atoms with Crippen molar-refractivity contribution in [3.63, 3.8) is 0 Å². The predicted molar refractivity (Wildman–Crippen MR) is 134 cm³/mol. The van der Waals surface area contributed by atoms with Crippen LogP contribution < -0.4 is 4.90 Å². The Morgan fingerprint density at radius 1 is 0.950 bits per heavy atom. The zero-order chi connectivity index (χ0) is 29.6. The van der Waals surface area contributed by atoms with Gasteiger partial charge in [-0.3, -0.25) is 9.80 Å². The van der Waals surface area contributed by atoms with Crippen molar-refractivity contribution in [3.05, 3.63) is 63.7 Å². The summed E-state index contributed by atoms with van der Waals surface area (Å²) in [6.45, 7) is 4.93. The summed E-state index contributed by atoms with van der Waals surface area (Å²) < 4.78 is 91.5. The van der Waals surface area contributed by atoms with Gasteiger partial charge in [0.05, 0.1) is 36.6 Å². The molecule has 1 aliphatic carbocycles. The van der Waals surface area contributed by atoms with Crippen LogP contribution in [0.4, 0.5) is 41.6 Å². The monoisotopic (exact) mass is 572 g/mol. The Bertz CT molecular complexity index is 1260. The summed E-state index contributed by atoms with van der Waals surface area (Å²) in [5.41, 5.74) is -0.580. The number of hydrogen-bond acceptors (Lipinski definition) is 4. The predicted octanol–water partition coefficient (Wildman–Crippen LogP) is 7.80. The lowest BCUT2D eigenvalue weighted by Gasteiger charge is -2.44. The van der Waals surface area contributed by atoms with Crippen molar-refractivity contribution < 1.29 is 45.4 Å². The molecule has 0 saturated heterocycles. The number of amides is 2. The van der Waals surface area contributed by atoms with Gasteiger partial charge in [0.25, 0.3) is 0 Å². The Balaban J connectivity index is 1.85. The molecule has 0 bridgehead atoms. The van der Waals surface area contributed by atoms with Crippen molar-refractivity contribution in [3.8, 4) is 0 Å². The number of alkyl halides is 6. The molecule has 2 aliphatic rings. The van der Waals surface area contributed by atoms with E-state index in [-0.39, 0.29) is 30.6 Å². The van der Waals surface area contributed by atoms with Gasteiger partial charge < -0.3 is 9.47 Å². The number of ether oxygens (including phenoxy) is 2. The second-order valence-electron chi connectivity index (χ2n) is 10.2. The largest absolute Gasteiger partial charge is 0.453 e. The summed E-state index contributed by atoms with van der Waals surface area (Å²) >= 11 is 0. The number of carbonyl (C=O) groups is 2. The number of rotatable bonds is 5. The molecule has 1 aliphatic heterocycles. The molecule has 1 fully saturated rings. The zero-order valence-corrected chi connectivity index (χ0v) is 22.4. The number of hydrogen-bond donors (Lipinski definition) is 0. The first-order chi connectivity index (χ1) is 18.6. The lowest BCUT2D eigenvalue weighted by Crippen LogP contribution is -2.50. The second kappa shape index (κ2) is 10.9. The van der Waals surface area contributed by atoms with E-state index in [1.54, 1.807) is 24.0 Å². The number of nitrogens with zero attached hydrogens (tertiary/aromatic N) is 2. The van der Waals surface area contributed by atoms with Crippen LogP contribution in [0.25, 0.3) is 0 Å². The Kier molecular flexibility index (Phi) is 8.01. The Hall–Kier alpha value is -3.44. The number of aryl methyl sites for hydroxylation is 2. The molecular formula is C28H30F6N2O4. The smallest absolute Gasteiger partial charge is 0.416 e. The summed E-state index contributed by atoms with van der Waals surface area (Å²) in [5.74, 6) is 0.103. The van der Waals surface area contributed by atoms with Gasteiger partial charge in [-0.2, -0.15) is 26.3 Å². The maximum atomic E-state index is 13.5. The van der Waals surface area contributed by atoms with E-state index < -0.39 is 54.3 Å². The fourth-order valence-electron chi connectivity index (χ4n) is 5.27. The molecule has 0 spiro atoms. The van der Waals surface area contributed by atoms with Crippen molar-refractivity contribution in [2.24, 2.45) is 5.92 Å². The minimum atomic E-state index is -5.03. The molecule has 2 amide bonds. The van der Waals surface area contributed by atoms with E-state index in [4.69, 9.17) is 9.47 Å². The van der Waals surface area contributed by atoms with E-state index in [2.05, 4.69) is 0 Å². The van der Waals surface area contributed by atoms with Gasteiger partial charge >= 0.3 is 24.5 Å². The van der Waals surface area contributed by atoms with Gasteiger partial charge in [-0.25, -0.2) is 9.59 Å². The van der Waals surface area contributed by atoms with Crippen LogP contribution in [0.2, 0.25) is 0 Å². The first-order valence-electron chi connectivity index (χ1n) is 12.9. The molecule has 6 nitrogen and oxygen atoms in total. The third kappa shape index (κ3) is 6.00. The van der Waals surface area contributed by atoms with Crippen LogP contribution in [-0.4, -0.2) is 36.8 Å². The summed E-state index contributed by atoms with van der Waals surface area (Å²) in [6.07, 6.45) is -9.68. The number of halogens is 6. The quantitative estimate of drug-likeness (QED) is 0.343. The molecule has 2 aromatic rings. The molecule has 0 radical (unpaired) electrons. The van der Waals surface area contributed by atoms with E-state index in [1.165, 1.54) is 0 Å². The van der Waals surface area contributed by atoms with Crippen molar-refractivity contribution in [2.45, 2.75) is 71.0 Å². The highest BCUT2D eigenvalue weighted by Crippen LogP contribution is 2.49. The Morgan fingerprint density at radius 3 is 2.02 bits per heavy atom. The molecule has 0 N–H and O–H groups in total. The molecular weight excluding hydrogens is 542 g/mol. The number of benzene rings is 2. The van der Waals surface area contributed by atoms with Crippen LogP contribution in [0.15, 0.2) is 30.3 Å². The van der Waals surface area contributed by atoms with Crippen LogP contribution in [0, 0.1) is 19.8 Å². The third-order valence-corrected chi connectivity index (χ3v) is 7.47. The van der Waals surface area contributed by atoms with Gasteiger partial charge in [-0.1, -0.05) is 6.07 Å². The summed E-state index contributed by atoms with van der Waals surface area (Å²) in [5, 5.41) is 0. The van der Waals surface area contributed by atoms with Crippen LogP contribution >= 0.6 is 0 Å². The highest BCUT2D eigenvalue weighted by Gasteiger charge is 2.47. The van der Waals surface area contributed by atoms with Crippen molar-refractivity contribution in [1.29, 1.82) is 0 Å². The van der Waals surface area contributed by atoms with Gasteiger partial charge in [0.15, 0.2) is 0 Å². The Labute approximate surface area is 227 Å². The summed E-state index contributed by atoms with van der Waals surface area (Å²) in [7, 11) is 1.09. The van der Waals surface area contributed by atoms with Gasteiger partial charge in [0.1, 0.15) is 0 Å². The first-order valence-corrected chi connectivity index (χ1v) is 12.9. The molecule has 4 rings (SSSR count). The average Bonchev–Trinajstić information content (AvgIpc) is 3.71. The molecule has 1 heterocycles. The van der Waals surface area contributed by atoms with E-state index >= 15 is 0 Å². The van der Waals surface area contributed by atoms with Crippen LogP contribution in [0.3, 0.4) is 0 Å². The van der Waals surface area contributed by atoms with E-state index in [1.807, 2.05) is 13.8 Å². The minimum absolute atomic E-state index is 0.0500. The fraction of sp³-hybridized carbons (Fsp3) is 0.500. The standard InChI is InChI=1S/C28H30F6N2O4/c1-5-40-26(38)36-22(18-6-7-18)13-23(21-8-15(2)16(3)9-24(21)36)35(25(37)39-4)14-17-10-19(27(29,30)31)12-20(11-17)28(32,33)34/h8-12,18,22-23H,5-7,13-14H2,1-4H3/t22-,23-/m0/s1. The molecule has 2 atom stereocenters. The first kappa shape index (κ1) is 29.5. The molecule has 0 unspecified atom stereocenters. The highest BCUT2D eigenvalue weighted by molar-refractivity contribution is 5.91. The lowest BCUT2D eigenvalue weighted by molar-refractivity contribution is -0.143. The maximum absolute atomic E-state index is 13.5. The van der Waals surface area contributed by atoms with E-state index in [0.29, 0.717) is 23.4 Å². The summed E-state index contributed by atoms with van der Waals surface area (Å²) in [4.78, 5) is 28.9. The van der Waals surface area contributed by atoms with Crippen molar-refractivity contribution in [2.75, 3.05) is 18.6 Å². The molecule has 1 saturated carbocycles. The maximum Gasteiger partial charge on any atom is 0.416 e. The Morgan fingerprint density at radius 2 is 1.52 bits per heavy atom. The van der Waals surface area contributed by atoms with Crippen LogP contribution in [0.1, 0.15) is 65.6 Å². The molecule has 0 aromatic heterocycles. The molecule has 12 heteroatoms. The van der Waals surface area contributed by atoms with Crippen molar-refractivity contribution >= 4 is 17.9 Å². The van der Waals surface area contributed by atoms with E-state index in [0.717, 1.165) is 36.0 Å². The second-order valence-corrected chi connectivity index (χ2v) is 10.2. The summed E-state index contributed by atoms with van der Waals surface area (Å²) in [6, 6.07) is 3.67. The van der Waals surface area contributed by atoms with Crippen molar-refractivity contribution in [1.82, 2.24) is 4.90 Å². The number of methoxy groups -OCH3 is 1. The van der Waals surface area contributed by atoms with Crippen LogP contribution in [0.5, 0.6) is 0 Å². The molecule has 218 valence electrons. The zero-order valence-electron chi connectivity index (χ0n) is 22.4. The van der Waals surface area contributed by atoms with Gasteiger partial charge in [-0.05, 0) is 92.5 Å². The highest BCUT2D eigenvalue weighted by atomic mass is 19.4. The van der Waals surface area contributed by atoms with Gasteiger partial charge in [0.2, 0.25) is 0 Å². The topological polar surface area (TPSA) is 59.1 Å². The van der Waals surface area contributed by atoms with E-state index in [9.17, 15) is 35.9 Å². The normalized spacial score (nSPS) is 19.2. The number of fused-ring (bicyclic) bond motifs is 1. The SMILES string of the molecule is CCOC(=O)N1c2cc(C)c(C)cc2[C@@H](N(Cc2cc(C(F)(F)F)cc(C(F)(F)F)c2)C(=O)OC)C[C@H]1C1CC1. The van der Waals surface area contributed by atoms with Gasteiger partial charge in [-0.15, -0.1) is 0 Å². The fourth-order valence-corrected chi connectivity index (χ4v) is 5.27. The minimum Gasteiger partial charge on any atom is -0.453 e. The third-order valence-electron chi connectivity index (χ3n) is 7.47. The van der Waals surface area contributed by atoms with Gasteiger partial charge in [0, 0.05) is 12.6 Å². The average molecular weight is 573 g/mol. The number of carbonyl (C=O) groups excluding carboxylic acids is 2. The molecule has 2 aromatic carbocycles.